The normalized spacial score (nSPS) is 10.8. The summed E-state index contributed by atoms with van der Waals surface area (Å²) in [4.78, 5) is 4.55. The van der Waals surface area contributed by atoms with Gasteiger partial charge in [0.1, 0.15) is 11.9 Å². The molecule has 0 spiro atoms. The lowest BCUT2D eigenvalue weighted by atomic mass is 10.2. The Labute approximate surface area is 143 Å². The van der Waals surface area contributed by atoms with Crippen LogP contribution in [-0.4, -0.2) is 9.55 Å². The number of hydrogen-bond acceptors (Lipinski definition) is 2. The molecule has 0 saturated heterocycles. The van der Waals surface area contributed by atoms with E-state index in [1.807, 2.05) is 34.9 Å². The van der Waals surface area contributed by atoms with E-state index in [1.165, 1.54) is 0 Å². The minimum atomic E-state index is 0.271. The lowest BCUT2D eigenvalue weighted by Crippen LogP contribution is -2.01. The predicted molar refractivity (Wildman–Crippen MR) is 90.7 cm³/mol. The molecule has 1 aromatic heterocycles. The topological polar surface area (TPSA) is 41.6 Å². The summed E-state index contributed by atoms with van der Waals surface area (Å²) in [5.74, 6) is 0.983. The summed E-state index contributed by atoms with van der Waals surface area (Å²) in [7, 11) is 0. The van der Waals surface area contributed by atoms with Crippen LogP contribution in [0.3, 0.4) is 0 Å². The van der Waals surface area contributed by atoms with Gasteiger partial charge in [-0.1, -0.05) is 31.9 Å². The van der Waals surface area contributed by atoms with E-state index in [0.29, 0.717) is 11.4 Å². The molecule has 0 bridgehead atoms. The van der Waals surface area contributed by atoms with Crippen LogP contribution in [0.1, 0.15) is 11.4 Å². The third kappa shape index (κ3) is 2.59. The molecule has 0 N–H and O–H groups in total. The maximum absolute atomic E-state index is 9.38. The zero-order valence-electron chi connectivity index (χ0n) is 10.6. The molecule has 1 heterocycles. The molecular formula is C15H8Br2ClN3. The first-order valence-corrected chi connectivity index (χ1v) is 8.19. The van der Waals surface area contributed by atoms with Gasteiger partial charge < -0.3 is 0 Å². The van der Waals surface area contributed by atoms with Gasteiger partial charge in [0.15, 0.2) is 0 Å². The number of halogens is 3. The van der Waals surface area contributed by atoms with Crippen molar-refractivity contribution in [1.29, 1.82) is 5.26 Å². The molecule has 3 rings (SSSR count). The van der Waals surface area contributed by atoms with Gasteiger partial charge in [0, 0.05) is 8.95 Å². The first-order chi connectivity index (χ1) is 10.1. The zero-order valence-corrected chi connectivity index (χ0v) is 14.6. The van der Waals surface area contributed by atoms with Crippen molar-refractivity contribution >= 4 is 54.5 Å². The summed E-state index contributed by atoms with van der Waals surface area (Å²) in [6.45, 7) is 0. The van der Waals surface area contributed by atoms with E-state index in [2.05, 4.69) is 42.9 Å². The highest BCUT2D eigenvalue weighted by Crippen LogP contribution is 2.28. The summed E-state index contributed by atoms with van der Waals surface area (Å²) in [6, 6.07) is 13.7. The second-order valence-electron chi connectivity index (χ2n) is 4.40. The van der Waals surface area contributed by atoms with Crippen LogP contribution >= 0.6 is 43.5 Å². The fourth-order valence-corrected chi connectivity index (χ4v) is 3.14. The Kier molecular flexibility index (Phi) is 4.03. The summed E-state index contributed by atoms with van der Waals surface area (Å²) >= 11 is 12.9. The quantitative estimate of drug-likeness (QED) is 0.532. The van der Waals surface area contributed by atoms with Gasteiger partial charge in [-0.2, -0.15) is 5.26 Å². The van der Waals surface area contributed by atoms with Crippen molar-refractivity contribution in [2.24, 2.45) is 0 Å². The molecule has 0 aliphatic carbocycles. The molecule has 2 aromatic carbocycles. The van der Waals surface area contributed by atoms with Crippen LogP contribution in [0.25, 0.3) is 16.7 Å². The number of rotatable bonds is 2. The van der Waals surface area contributed by atoms with Crippen LogP contribution in [0.15, 0.2) is 45.3 Å². The van der Waals surface area contributed by atoms with Crippen LogP contribution in [-0.2, 0) is 5.88 Å². The largest absolute Gasteiger partial charge is 0.294 e. The number of hydrogen-bond donors (Lipinski definition) is 0. The Morgan fingerprint density at radius 2 is 1.86 bits per heavy atom. The van der Waals surface area contributed by atoms with Gasteiger partial charge in [0.25, 0.3) is 0 Å². The summed E-state index contributed by atoms with van der Waals surface area (Å²) < 4.78 is 3.75. The SMILES string of the molecule is N#Cc1cc(Br)ccc1-n1c(CCl)nc2cc(Br)ccc21. The first-order valence-electron chi connectivity index (χ1n) is 6.07. The molecular weight excluding hydrogens is 417 g/mol. The van der Waals surface area contributed by atoms with Crippen LogP contribution in [0.2, 0.25) is 0 Å². The highest BCUT2D eigenvalue weighted by Gasteiger charge is 2.15. The number of imidazole rings is 1. The molecule has 0 aliphatic rings. The minimum Gasteiger partial charge on any atom is -0.294 e. The van der Waals surface area contributed by atoms with E-state index in [1.54, 1.807) is 6.07 Å². The molecule has 3 aromatic rings. The van der Waals surface area contributed by atoms with Crippen molar-refractivity contribution in [3.63, 3.8) is 0 Å². The Hall–Kier alpha value is -1.35. The second-order valence-corrected chi connectivity index (χ2v) is 6.50. The lowest BCUT2D eigenvalue weighted by Gasteiger charge is -2.10. The average Bonchev–Trinajstić information content (AvgIpc) is 2.84. The van der Waals surface area contributed by atoms with Crippen LogP contribution in [0.4, 0.5) is 0 Å². The lowest BCUT2D eigenvalue weighted by molar-refractivity contribution is 0.978. The summed E-state index contributed by atoms with van der Waals surface area (Å²) in [5, 5.41) is 9.38. The monoisotopic (exact) mass is 423 g/mol. The molecule has 0 fully saturated rings. The Bertz CT molecular complexity index is 880. The predicted octanol–water partition coefficient (Wildman–Crippen LogP) is 5.16. The smallest absolute Gasteiger partial charge is 0.129 e. The number of benzene rings is 2. The maximum Gasteiger partial charge on any atom is 0.129 e. The van der Waals surface area contributed by atoms with E-state index in [-0.39, 0.29) is 5.88 Å². The van der Waals surface area contributed by atoms with E-state index in [0.717, 1.165) is 25.7 Å². The van der Waals surface area contributed by atoms with Gasteiger partial charge in [-0.25, -0.2) is 4.98 Å². The highest BCUT2D eigenvalue weighted by atomic mass is 79.9. The van der Waals surface area contributed by atoms with Crippen molar-refractivity contribution in [2.75, 3.05) is 0 Å². The fourth-order valence-electron chi connectivity index (χ4n) is 2.25. The molecule has 0 radical (unpaired) electrons. The van der Waals surface area contributed by atoms with Gasteiger partial charge in [0.2, 0.25) is 0 Å². The van der Waals surface area contributed by atoms with Gasteiger partial charge >= 0.3 is 0 Å². The third-order valence-corrected chi connectivity index (χ3v) is 4.35. The molecule has 0 aliphatic heterocycles. The maximum atomic E-state index is 9.38. The van der Waals surface area contributed by atoms with Crippen molar-refractivity contribution in [3.05, 3.63) is 56.7 Å². The Morgan fingerprint density at radius 3 is 2.57 bits per heavy atom. The van der Waals surface area contributed by atoms with Gasteiger partial charge in [-0.05, 0) is 36.4 Å². The van der Waals surface area contributed by atoms with Crippen LogP contribution in [0.5, 0.6) is 0 Å². The standard InChI is InChI=1S/C15H8Br2ClN3/c16-10-1-3-13(9(5-10)8-19)21-14-4-2-11(17)6-12(14)20-15(21)7-18/h1-6H,7H2. The number of alkyl halides is 1. The average molecular weight is 426 g/mol. The molecule has 0 atom stereocenters. The number of aromatic nitrogens is 2. The highest BCUT2D eigenvalue weighted by molar-refractivity contribution is 9.10. The Balaban J connectivity index is 2.37. The van der Waals surface area contributed by atoms with Gasteiger partial charge in [-0.15, -0.1) is 11.6 Å². The molecule has 0 unspecified atom stereocenters. The Morgan fingerprint density at radius 1 is 1.14 bits per heavy atom. The fraction of sp³-hybridized carbons (Fsp3) is 0.0667. The van der Waals surface area contributed by atoms with E-state index in [9.17, 15) is 5.26 Å². The van der Waals surface area contributed by atoms with Crippen LogP contribution < -0.4 is 0 Å². The van der Waals surface area contributed by atoms with Crippen molar-refractivity contribution in [3.8, 4) is 11.8 Å². The minimum absolute atomic E-state index is 0.271. The molecule has 104 valence electrons. The van der Waals surface area contributed by atoms with Crippen LogP contribution in [0, 0.1) is 11.3 Å². The number of fused-ring (bicyclic) bond motifs is 1. The third-order valence-electron chi connectivity index (χ3n) is 3.13. The number of nitriles is 1. The van der Waals surface area contributed by atoms with Gasteiger partial charge in [0.05, 0.1) is 28.2 Å². The molecule has 3 nitrogen and oxygen atoms in total. The number of nitrogens with zero attached hydrogens (tertiary/aromatic N) is 3. The summed E-state index contributed by atoms with van der Waals surface area (Å²) in [5.41, 5.74) is 3.11. The summed E-state index contributed by atoms with van der Waals surface area (Å²) in [6.07, 6.45) is 0. The van der Waals surface area contributed by atoms with Gasteiger partial charge in [-0.3, -0.25) is 4.57 Å². The zero-order chi connectivity index (χ0) is 15.0. The molecule has 0 amide bonds. The van der Waals surface area contributed by atoms with E-state index < -0.39 is 0 Å². The molecule has 0 saturated carbocycles. The van der Waals surface area contributed by atoms with Crippen molar-refractivity contribution < 1.29 is 0 Å². The molecule has 21 heavy (non-hydrogen) atoms. The van der Waals surface area contributed by atoms with Crippen molar-refractivity contribution in [2.45, 2.75) is 5.88 Å². The van der Waals surface area contributed by atoms with Crippen molar-refractivity contribution in [1.82, 2.24) is 9.55 Å². The molecule has 6 heteroatoms. The van der Waals surface area contributed by atoms with E-state index in [4.69, 9.17) is 11.6 Å². The first kappa shape index (κ1) is 14.6. The van der Waals surface area contributed by atoms with E-state index >= 15 is 0 Å². The second kappa shape index (κ2) is 5.80.